The molecule has 0 aliphatic heterocycles. The van der Waals surface area contributed by atoms with Crippen LogP contribution in [-0.2, 0) is 14.6 Å². The predicted molar refractivity (Wildman–Crippen MR) is 90.7 cm³/mol. The van der Waals surface area contributed by atoms with Gasteiger partial charge in [-0.25, -0.2) is 8.42 Å². The van der Waals surface area contributed by atoms with E-state index in [1.165, 1.54) is 0 Å². The Morgan fingerprint density at radius 1 is 1.23 bits per heavy atom. The van der Waals surface area contributed by atoms with Crippen molar-refractivity contribution >= 4 is 31.7 Å². The van der Waals surface area contributed by atoms with Gasteiger partial charge in [-0.3, -0.25) is 4.79 Å². The van der Waals surface area contributed by atoms with Crippen LogP contribution in [0.4, 0.5) is 0 Å². The van der Waals surface area contributed by atoms with Gasteiger partial charge in [0.15, 0.2) is 16.4 Å². The van der Waals surface area contributed by atoms with Gasteiger partial charge in [0, 0.05) is 10.0 Å². The third-order valence-electron chi connectivity index (χ3n) is 2.95. The standard InChI is InChI=1S/C15H23BrN2O3S/c1-15(2,3)17-14(19)11-18(4)9-10-22(20,21)13-7-5-12(16)6-8-13/h5-8H,9-11H2,1-4H3,(H,17,19)/p+1. The molecule has 2 N–H and O–H groups in total. The lowest BCUT2D eigenvalue weighted by molar-refractivity contribution is -0.868. The van der Waals surface area contributed by atoms with Gasteiger partial charge in [-0.05, 0) is 45.0 Å². The Morgan fingerprint density at radius 3 is 2.27 bits per heavy atom. The maximum atomic E-state index is 12.2. The molecule has 0 spiro atoms. The first kappa shape index (κ1) is 19.1. The average Bonchev–Trinajstić information content (AvgIpc) is 2.34. The number of carbonyl (C=O) groups is 1. The van der Waals surface area contributed by atoms with E-state index in [0.29, 0.717) is 11.4 Å². The number of rotatable bonds is 6. The van der Waals surface area contributed by atoms with Gasteiger partial charge in [0.2, 0.25) is 0 Å². The maximum Gasteiger partial charge on any atom is 0.275 e. The highest BCUT2D eigenvalue weighted by Crippen LogP contribution is 2.15. The topological polar surface area (TPSA) is 67.7 Å². The van der Waals surface area contributed by atoms with Crippen molar-refractivity contribution in [3.63, 3.8) is 0 Å². The molecule has 1 unspecified atom stereocenters. The van der Waals surface area contributed by atoms with E-state index >= 15 is 0 Å². The minimum atomic E-state index is -3.32. The Labute approximate surface area is 141 Å². The highest BCUT2D eigenvalue weighted by Gasteiger charge is 2.20. The van der Waals surface area contributed by atoms with Crippen molar-refractivity contribution in [1.29, 1.82) is 0 Å². The number of amides is 1. The number of carbonyl (C=O) groups excluding carboxylic acids is 1. The SMILES string of the molecule is C[NH+](CCS(=O)(=O)c1ccc(Br)cc1)CC(=O)NC(C)(C)C. The molecule has 0 heterocycles. The van der Waals surface area contributed by atoms with Gasteiger partial charge in [0.1, 0.15) is 5.75 Å². The normalized spacial score (nSPS) is 13.7. The lowest BCUT2D eigenvalue weighted by Gasteiger charge is -2.22. The van der Waals surface area contributed by atoms with Crippen LogP contribution in [0.25, 0.3) is 0 Å². The quantitative estimate of drug-likeness (QED) is 0.747. The van der Waals surface area contributed by atoms with E-state index < -0.39 is 9.84 Å². The molecule has 0 saturated carbocycles. The van der Waals surface area contributed by atoms with Crippen molar-refractivity contribution in [2.75, 3.05) is 25.9 Å². The van der Waals surface area contributed by atoms with Crippen LogP contribution in [0.2, 0.25) is 0 Å². The molecule has 7 heteroatoms. The number of quaternary nitrogens is 1. The summed E-state index contributed by atoms with van der Waals surface area (Å²) in [6, 6.07) is 6.59. The summed E-state index contributed by atoms with van der Waals surface area (Å²) in [5.41, 5.74) is -0.277. The molecule has 1 aromatic carbocycles. The van der Waals surface area contributed by atoms with Gasteiger partial charge in [-0.1, -0.05) is 15.9 Å². The number of benzene rings is 1. The molecule has 0 aliphatic rings. The minimum Gasteiger partial charge on any atom is -0.347 e. The Kier molecular flexibility index (Phi) is 6.58. The van der Waals surface area contributed by atoms with Crippen molar-refractivity contribution in [2.24, 2.45) is 0 Å². The second kappa shape index (κ2) is 7.57. The van der Waals surface area contributed by atoms with Gasteiger partial charge in [-0.2, -0.15) is 0 Å². The smallest absolute Gasteiger partial charge is 0.275 e. The molecule has 1 amide bonds. The summed E-state index contributed by atoms with van der Waals surface area (Å²) in [7, 11) is -1.50. The molecule has 0 aromatic heterocycles. The number of sulfone groups is 1. The molecule has 5 nitrogen and oxygen atoms in total. The van der Waals surface area contributed by atoms with Crippen LogP contribution in [0, 0.1) is 0 Å². The molecule has 0 aliphatic carbocycles. The zero-order chi connectivity index (χ0) is 17.0. The average molecular weight is 392 g/mol. The van der Waals surface area contributed by atoms with Crippen molar-refractivity contribution in [3.8, 4) is 0 Å². The zero-order valence-electron chi connectivity index (χ0n) is 13.4. The Hall–Kier alpha value is -0.920. The molecule has 1 rings (SSSR count). The van der Waals surface area contributed by atoms with Crippen molar-refractivity contribution in [3.05, 3.63) is 28.7 Å². The van der Waals surface area contributed by atoms with E-state index in [1.807, 2.05) is 27.8 Å². The van der Waals surface area contributed by atoms with Crippen LogP contribution in [0.15, 0.2) is 33.6 Å². The molecule has 124 valence electrons. The second-order valence-electron chi connectivity index (χ2n) is 6.45. The third kappa shape index (κ3) is 6.89. The largest absolute Gasteiger partial charge is 0.347 e. The third-order valence-corrected chi connectivity index (χ3v) is 5.21. The van der Waals surface area contributed by atoms with Gasteiger partial charge in [0.05, 0.1) is 18.5 Å². The fourth-order valence-electron chi connectivity index (χ4n) is 1.89. The van der Waals surface area contributed by atoms with Crippen molar-refractivity contribution in [1.82, 2.24) is 5.32 Å². The number of halogens is 1. The van der Waals surface area contributed by atoms with Crippen molar-refractivity contribution in [2.45, 2.75) is 31.2 Å². The van der Waals surface area contributed by atoms with E-state index in [4.69, 9.17) is 0 Å². The van der Waals surface area contributed by atoms with Crippen LogP contribution in [0.3, 0.4) is 0 Å². The van der Waals surface area contributed by atoms with Gasteiger partial charge in [0.25, 0.3) is 5.91 Å². The number of nitrogens with one attached hydrogen (secondary N) is 2. The molecule has 1 atom stereocenters. The van der Waals surface area contributed by atoms with E-state index in [0.717, 1.165) is 9.37 Å². The van der Waals surface area contributed by atoms with E-state index in [1.54, 1.807) is 24.3 Å². The summed E-state index contributed by atoms with van der Waals surface area (Å²) in [6.07, 6.45) is 0. The predicted octanol–water partition coefficient (Wildman–Crippen LogP) is 0.652. The second-order valence-corrected chi connectivity index (χ2v) is 9.48. The summed E-state index contributed by atoms with van der Waals surface area (Å²) >= 11 is 3.28. The summed E-state index contributed by atoms with van der Waals surface area (Å²) in [6.45, 7) is 6.39. The first-order valence-corrected chi connectivity index (χ1v) is 9.55. The number of hydrogen-bond acceptors (Lipinski definition) is 3. The van der Waals surface area contributed by atoms with Gasteiger partial charge in [-0.15, -0.1) is 0 Å². The Morgan fingerprint density at radius 2 is 1.77 bits per heavy atom. The summed E-state index contributed by atoms with van der Waals surface area (Å²) < 4.78 is 25.3. The number of likely N-dealkylation sites (N-methyl/N-ethyl adjacent to an activating group) is 1. The van der Waals surface area contributed by atoms with Crippen molar-refractivity contribution < 1.29 is 18.1 Å². The van der Waals surface area contributed by atoms with Gasteiger partial charge < -0.3 is 10.2 Å². The minimum absolute atomic E-state index is 0.0171. The molecule has 1 aromatic rings. The fourth-order valence-corrected chi connectivity index (χ4v) is 3.56. The molecule has 22 heavy (non-hydrogen) atoms. The highest BCUT2D eigenvalue weighted by atomic mass is 79.9. The Balaban J connectivity index is 2.54. The van der Waals surface area contributed by atoms with Crippen LogP contribution in [0.1, 0.15) is 20.8 Å². The summed E-state index contributed by atoms with van der Waals surface area (Å²) in [5.74, 6) is -0.0606. The first-order chi connectivity index (χ1) is 9.99. The van der Waals surface area contributed by atoms with Crippen LogP contribution >= 0.6 is 15.9 Å². The summed E-state index contributed by atoms with van der Waals surface area (Å²) in [4.78, 5) is 13.0. The molecule has 0 bridgehead atoms. The lowest BCUT2D eigenvalue weighted by Crippen LogP contribution is -3.10. The fraction of sp³-hybridized carbons (Fsp3) is 0.533. The van der Waals surface area contributed by atoms with Crippen LogP contribution < -0.4 is 10.2 Å². The molecular weight excluding hydrogens is 368 g/mol. The summed E-state index contributed by atoms with van der Waals surface area (Å²) in [5, 5.41) is 2.87. The molecule has 0 saturated heterocycles. The van der Waals surface area contributed by atoms with Crippen LogP contribution in [-0.4, -0.2) is 45.8 Å². The molecule has 0 radical (unpaired) electrons. The number of hydrogen-bond donors (Lipinski definition) is 2. The molecular formula is C15H24BrN2O3S+. The molecule has 0 fully saturated rings. The van der Waals surface area contributed by atoms with Gasteiger partial charge >= 0.3 is 0 Å². The van der Waals surface area contributed by atoms with E-state index in [2.05, 4.69) is 21.2 Å². The van der Waals surface area contributed by atoms with E-state index in [-0.39, 0.29) is 23.7 Å². The highest BCUT2D eigenvalue weighted by molar-refractivity contribution is 9.10. The first-order valence-electron chi connectivity index (χ1n) is 7.10. The maximum absolute atomic E-state index is 12.2. The van der Waals surface area contributed by atoms with E-state index in [9.17, 15) is 13.2 Å². The lowest BCUT2D eigenvalue weighted by atomic mass is 10.1. The Bertz CT molecular complexity index is 607. The zero-order valence-corrected chi connectivity index (χ0v) is 15.8. The monoisotopic (exact) mass is 391 g/mol. The van der Waals surface area contributed by atoms with Crippen LogP contribution in [0.5, 0.6) is 0 Å².